The Morgan fingerprint density at radius 1 is 1.07 bits per heavy atom. The lowest BCUT2D eigenvalue weighted by Crippen LogP contribution is -2.28. The first kappa shape index (κ1) is 21.1. The third kappa shape index (κ3) is 4.88. The zero-order chi connectivity index (χ0) is 21.0. The molecule has 5 nitrogen and oxygen atoms in total. The smallest absolute Gasteiger partial charge is 0.240 e. The van der Waals surface area contributed by atoms with Crippen LogP contribution in [0.1, 0.15) is 42.5 Å². The lowest BCUT2D eigenvalue weighted by molar-refractivity contribution is -0.122. The number of hydrogen-bond acceptors (Lipinski definition) is 4. The van der Waals surface area contributed by atoms with Crippen LogP contribution in [-0.2, 0) is 22.4 Å². The second-order valence-corrected chi connectivity index (χ2v) is 8.36. The number of para-hydroxylation sites is 2. The Morgan fingerprint density at radius 3 is 2.24 bits per heavy atom. The molecule has 29 heavy (non-hydrogen) atoms. The van der Waals surface area contributed by atoms with Crippen molar-refractivity contribution in [3.63, 3.8) is 0 Å². The topological polar surface area (TPSA) is 70.6 Å². The summed E-state index contributed by atoms with van der Waals surface area (Å²) >= 11 is 1.33. The number of carbonyl (C=O) groups is 2. The van der Waals surface area contributed by atoms with E-state index in [0.717, 1.165) is 46.5 Å². The normalized spacial score (nSPS) is 17.4. The Labute approximate surface area is 176 Å². The summed E-state index contributed by atoms with van der Waals surface area (Å²) in [6, 6.07) is 12.1. The number of aryl methyl sites for hydroxylation is 4. The predicted octanol–water partition coefficient (Wildman–Crippen LogP) is 4.68. The van der Waals surface area contributed by atoms with Gasteiger partial charge in [0.25, 0.3) is 0 Å². The van der Waals surface area contributed by atoms with Crippen molar-refractivity contribution in [1.82, 2.24) is 5.32 Å². The van der Waals surface area contributed by atoms with Crippen molar-refractivity contribution in [2.24, 2.45) is 4.99 Å². The fourth-order valence-electron chi connectivity index (χ4n) is 3.42. The molecule has 1 aliphatic rings. The number of aliphatic imine (C=N–C) groups is 1. The van der Waals surface area contributed by atoms with Gasteiger partial charge in [0.2, 0.25) is 11.8 Å². The van der Waals surface area contributed by atoms with Gasteiger partial charge in [0.05, 0.1) is 5.69 Å². The Hall–Kier alpha value is -2.60. The second kappa shape index (κ2) is 9.27. The first-order valence-corrected chi connectivity index (χ1v) is 10.8. The maximum Gasteiger partial charge on any atom is 0.240 e. The summed E-state index contributed by atoms with van der Waals surface area (Å²) in [6.45, 7) is 8.11. The van der Waals surface area contributed by atoms with Crippen LogP contribution in [0, 0.1) is 13.8 Å². The molecule has 6 heteroatoms. The molecule has 0 aliphatic carbocycles. The maximum absolute atomic E-state index is 12.5. The van der Waals surface area contributed by atoms with Gasteiger partial charge in [0.1, 0.15) is 5.25 Å². The van der Waals surface area contributed by atoms with Gasteiger partial charge in [0, 0.05) is 12.1 Å². The second-order valence-electron chi connectivity index (χ2n) is 7.16. The average Bonchev–Trinajstić information content (AvgIpc) is 3.03. The highest BCUT2D eigenvalue weighted by Crippen LogP contribution is 2.30. The molecule has 152 valence electrons. The van der Waals surface area contributed by atoms with Gasteiger partial charge in [-0.25, -0.2) is 4.99 Å². The van der Waals surface area contributed by atoms with Gasteiger partial charge in [0.15, 0.2) is 5.17 Å². The van der Waals surface area contributed by atoms with E-state index < -0.39 is 5.25 Å². The molecular formula is C23H27N3O2S. The van der Waals surface area contributed by atoms with E-state index in [-0.39, 0.29) is 18.2 Å². The Bertz CT molecular complexity index is 926. The van der Waals surface area contributed by atoms with E-state index in [9.17, 15) is 9.59 Å². The molecule has 2 amide bonds. The van der Waals surface area contributed by atoms with E-state index >= 15 is 0 Å². The molecule has 0 saturated carbocycles. The summed E-state index contributed by atoms with van der Waals surface area (Å²) < 4.78 is 0. The van der Waals surface area contributed by atoms with E-state index in [0.29, 0.717) is 5.17 Å². The van der Waals surface area contributed by atoms with Crippen molar-refractivity contribution >= 4 is 40.1 Å². The molecule has 2 aromatic carbocycles. The van der Waals surface area contributed by atoms with Crippen molar-refractivity contribution in [2.75, 3.05) is 5.32 Å². The Morgan fingerprint density at radius 2 is 1.66 bits per heavy atom. The highest BCUT2D eigenvalue weighted by molar-refractivity contribution is 8.15. The third-order valence-corrected chi connectivity index (χ3v) is 6.15. The van der Waals surface area contributed by atoms with E-state index in [1.54, 1.807) is 0 Å². The fourth-order valence-corrected chi connectivity index (χ4v) is 4.40. The quantitative estimate of drug-likeness (QED) is 0.728. The lowest BCUT2D eigenvalue weighted by atomic mass is 10.0. The van der Waals surface area contributed by atoms with Crippen molar-refractivity contribution in [2.45, 2.75) is 52.2 Å². The molecule has 0 spiro atoms. The molecule has 0 bridgehead atoms. The largest absolute Gasteiger partial charge is 0.326 e. The van der Waals surface area contributed by atoms with Gasteiger partial charge < -0.3 is 10.6 Å². The van der Waals surface area contributed by atoms with Crippen LogP contribution in [0.15, 0.2) is 41.4 Å². The average molecular weight is 410 g/mol. The minimum atomic E-state index is -0.475. The number of nitrogens with zero attached hydrogens (tertiary/aromatic N) is 1. The number of amidine groups is 1. The number of benzene rings is 2. The predicted molar refractivity (Wildman–Crippen MR) is 121 cm³/mol. The number of nitrogens with one attached hydrogen (secondary N) is 2. The standard InChI is InChI=1S/C23H27N3O2S/c1-5-16-11-8-12-17(6-2)21(16)25-23-26-22(28)18(29-23)13-19(27)24-20-14(3)9-7-10-15(20)4/h7-12,18H,5-6,13H2,1-4H3,(H,24,27)(H,25,26,28)/t18-/m1/s1. The minimum absolute atomic E-state index is 0.110. The van der Waals surface area contributed by atoms with E-state index in [2.05, 4.69) is 36.6 Å². The van der Waals surface area contributed by atoms with Crippen molar-refractivity contribution in [3.8, 4) is 0 Å². The number of carbonyl (C=O) groups excluding carboxylic acids is 2. The molecule has 1 atom stereocenters. The molecule has 0 aromatic heterocycles. The van der Waals surface area contributed by atoms with Crippen LogP contribution >= 0.6 is 11.8 Å². The van der Waals surface area contributed by atoms with Gasteiger partial charge in [-0.15, -0.1) is 0 Å². The number of anilines is 1. The van der Waals surface area contributed by atoms with Crippen molar-refractivity contribution in [3.05, 3.63) is 58.7 Å². The van der Waals surface area contributed by atoms with Gasteiger partial charge in [-0.05, 0) is 48.9 Å². The lowest BCUT2D eigenvalue weighted by Gasteiger charge is -2.12. The summed E-state index contributed by atoms with van der Waals surface area (Å²) in [4.78, 5) is 29.7. The van der Waals surface area contributed by atoms with Crippen LogP contribution in [0.4, 0.5) is 11.4 Å². The molecule has 1 saturated heterocycles. The fraction of sp³-hybridized carbons (Fsp3) is 0.348. The van der Waals surface area contributed by atoms with Crippen LogP contribution in [0.5, 0.6) is 0 Å². The zero-order valence-corrected chi connectivity index (χ0v) is 18.2. The van der Waals surface area contributed by atoms with E-state index in [1.165, 1.54) is 11.8 Å². The Kier molecular flexibility index (Phi) is 6.75. The first-order valence-electron chi connectivity index (χ1n) is 9.96. The molecule has 0 radical (unpaired) electrons. The molecule has 2 aromatic rings. The zero-order valence-electron chi connectivity index (χ0n) is 17.3. The molecular weight excluding hydrogens is 382 g/mol. The highest BCUT2D eigenvalue weighted by Gasteiger charge is 2.32. The molecule has 3 rings (SSSR count). The molecule has 1 heterocycles. The van der Waals surface area contributed by atoms with Crippen molar-refractivity contribution in [1.29, 1.82) is 0 Å². The molecule has 0 unspecified atom stereocenters. The Balaban J connectivity index is 1.73. The van der Waals surface area contributed by atoms with E-state index in [1.807, 2.05) is 38.1 Å². The summed E-state index contributed by atoms with van der Waals surface area (Å²) in [6.07, 6.45) is 1.86. The van der Waals surface area contributed by atoms with Crippen LogP contribution in [-0.4, -0.2) is 22.2 Å². The summed E-state index contributed by atoms with van der Waals surface area (Å²) in [5.74, 6) is -0.336. The van der Waals surface area contributed by atoms with Gasteiger partial charge in [-0.3, -0.25) is 9.59 Å². The number of rotatable bonds is 6. The van der Waals surface area contributed by atoms with E-state index in [4.69, 9.17) is 4.99 Å². The minimum Gasteiger partial charge on any atom is -0.326 e. The molecule has 2 N–H and O–H groups in total. The van der Waals surface area contributed by atoms with Crippen LogP contribution < -0.4 is 10.6 Å². The van der Waals surface area contributed by atoms with Crippen LogP contribution in [0.25, 0.3) is 0 Å². The van der Waals surface area contributed by atoms with Gasteiger partial charge >= 0.3 is 0 Å². The van der Waals surface area contributed by atoms with Crippen LogP contribution in [0.2, 0.25) is 0 Å². The molecule has 1 fully saturated rings. The summed E-state index contributed by atoms with van der Waals surface area (Å²) in [7, 11) is 0. The maximum atomic E-state index is 12.5. The first-order chi connectivity index (χ1) is 13.9. The number of amides is 2. The number of hydrogen-bond donors (Lipinski definition) is 2. The van der Waals surface area contributed by atoms with Crippen molar-refractivity contribution < 1.29 is 9.59 Å². The molecule has 1 aliphatic heterocycles. The van der Waals surface area contributed by atoms with Gasteiger partial charge in [-0.1, -0.05) is 62.0 Å². The SMILES string of the molecule is CCc1cccc(CC)c1N=C1NC(=O)[C@@H](CC(=O)Nc2c(C)cccc2C)S1. The monoisotopic (exact) mass is 409 g/mol. The summed E-state index contributed by atoms with van der Waals surface area (Å²) in [5, 5.41) is 5.89. The summed E-state index contributed by atoms with van der Waals surface area (Å²) in [5.41, 5.74) is 6.07. The van der Waals surface area contributed by atoms with Gasteiger partial charge in [-0.2, -0.15) is 0 Å². The van der Waals surface area contributed by atoms with Crippen LogP contribution in [0.3, 0.4) is 0 Å². The highest BCUT2D eigenvalue weighted by atomic mass is 32.2. The number of thioether (sulfide) groups is 1. The third-order valence-electron chi connectivity index (χ3n) is 5.07.